The molecule has 0 radical (unpaired) electrons. The summed E-state index contributed by atoms with van der Waals surface area (Å²) in [7, 11) is 1.83. The average Bonchev–Trinajstić information content (AvgIpc) is 2.40. The molecule has 2 rings (SSSR count). The number of nitrogens with two attached hydrogens (primary N) is 2. The molecule has 0 bridgehead atoms. The molecule has 1 aromatic rings. The minimum absolute atomic E-state index is 0.0433. The smallest absolute Gasteiger partial charge is 0.227 e. The number of hydrogen-bond acceptors (Lipinski definition) is 3. The number of aryl methyl sites for hydroxylation is 1. The molecule has 0 fully saturated rings. The van der Waals surface area contributed by atoms with Crippen LogP contribution in [0.1, 0.15) is 36.4 Å². The van der Waals surface area contributed by atoms with Crippen molar-refractivity contribution in [1.29, 1.82) is 0 Å². The quantitative estimate of drug-likeness (QED) is 0.843. The van der Waals surface area contributed by atoms with Gasteiger partial charge in [-0.1, -0.05) is 12.1 Å². The molecule has 1 atom stereocenters. The van der Waals surface area contributed by atoms with Crippen molar-refractivity contribution in [3.63, 3.8) is 0 Å². The van der Waals surface area contributed by atoms with E-state index in [0.29, 0.717) is 13.0 Å². The largest absolute Gasteiger partial charge is 0.330 e. The first-order chi connectivity index (χ1) is 8.63. The molecule has 4 nitrogen and oxygen atoms in total. The number of hydrogen-bond donors (Lipinski definition) is 2. The van der Waals surface area contributed by atoms with Crippen LogP contribution in [0.3, 0.4) is 0 Å². The Hall–Kier alpha value is -1.39. The Labute approximate surface area is 108 Å². The summed E-state index contributed by atoms with van der Waals surface area (Å²) in [5.74, 6) is 0.183. The summed E-state index contributed by atoms with van der Waals surface area (Å²) in [6, 6.07) is 6.21. The third-order valence-electron chi connectivity index (χ3n) is 3.59. The van der Waals surface area contributed by atoms with Crippen molar-refractivity contribution >= 4 is 11.6 Å². The maximum Gasteiger partial charge on any atom is 0.227 e. The van der Waals surface area contributed by atoms with Crippen LogP contribution in [-0.2, 0) is 11.2 Å². The molecular weight excluding hydrogens is 226 g/mol. The topological polar surface area (TPSA) is 72.3 Å². The fourth-order valence-electron chi connectivity index (χ4n) is 2.41. The lowest BCUT2D eigenvalue weighted by Crippen LogP contribution is -2.31. The van der Waals surface area contributed by atoms with Gasteiger partial charge in [0, 0.05) is 25.2 Å². The van der Waals surface area contributed by atoms with Gasteiger partial charge in [-0.25, -0.2) is 0 Å². The van der Waals surface area contributed by atoms with Gasteiger partial charge in [0.05, 0.1) is 0 Å². The number of carbonyl (C=O) groups is 1. The van der Waals surface area contributed by atoms with Gasteiger partial charge in [0.15, 0.2) is 0 Å². The molecule has 0 saturated carbocycles. The van der Waals surface area contributed by atoms with E-state index in [1.54, 1.807) is 4.90 Å². The molecule has 1 heterocycles. The van der Waals surface area contributed by atoms with Crippen molar-refractivity contribution in [3.05, 3.63) is 29.3 Å². The highest BCUT2D eigenvalue weighted by molar-refractivity contribution is 5.95. The van der Waals surface area contributed by atoms with Crippen molar-refractivity contribution < 1.29 is 4.79 Å². The molecule has 1 aliphatic rings. The van der Waals surface area contributed by atoms with Crippen LogP contribution >= 0.6 is 0 Å². The third-order valence-corrected chi connectivity index (χ3v) is 3.59. The van der Waals surface area contributed by atoms with Crippen molar-refractivity contribution in [2.24, 2.45) is 11.5 Å². The van der Waals surface area contributed by atoms with Crippen LogP contribution in [0.5, 0.6) is 0 Å². The maximum absolute atomic E-state index is 11.6. The number of carbonyl (C=O) groups excluding carboxylic acids is 1. The molecule has 0 aromatic heterocycles. The van der Waals surface area contributed by atoms with Gasteiger partial charge in [0.2, 0.25) is 5.91 Å². The summed E-state index contributed by atoms with van der Waals surface area (Å²) >= 11 is 0. The van der Waals surface area contributed by atoms with Gasteiger partial charge in [-0.05, 0) is 43.0 Å². The van der Waals surface area contributed by atoms with Gasteiger partial charge < -0.3 is 16.4 Å². The lowest BCUT2D eigenvalue weighted by Gasteiger charge is -2.26. The van der Waals surface area contributed by atoms with E-state index in [1.165, 1.54) is 5.56 Å². The van der Waals surface area contributed by atoms with E-state index in [4.69, 9.17) is 11.5 Å². The second-order valence-electron chi connectivity index (χ2n) is 4.88. The highest BCUT2D eigenvalue weighted by Crippen LogP contribution is 2.29. The molecule has 18 heavy (non-hydrogen) atoms. The predicted octanol–water partition coefficient (Wildman–Crippen LogP) is 1.33. The third kappa shape index (κ3) is 2.54. The van der Waals surface area contributed by atoms with Gasteiger partial charge in [0.25, 0.3) is 0 Å². The van der Waals surface area contributed by atoms with E-state index in [2.05, 4.69) is 6.07 Å². The second-order valence-corrected chi connectivity index (χ2v) is 4.88. The van der Waals surface area contributed by atoms with Crippen LogP contribution in [0, 0.1) is 0 Å². The summed E-state index contributed by atoms with van der Waals surface area (Å²) < 4.78 is 0. The number of rotatable bonds is 4. The number of anilines is 1. The van der Waals surface area contributed by atoms with Crippen LogP contribution < -0.4 is 16.4 Å². The molecule has 98 valence electrons. The highest BCUT2D eigenvalue weighted by Gasteiger charge is 2.21. The van der Waals surface area contributed by atoms with Crippen LogP contribution in [0.15, 0.2) is 18.2 Å². The van der Waals surface area contributed by atoms with Gasteiger partial charge in [-0.3, -0.25) is 4.79 Å². The van der Waals surface area contributed by atoms with Crippen molar-refractivity contribution in [2.75, 3.05) is 18.5 Å². The molecule has 1 unspecified atom stereocenters. The van der Waals surface area contributed by atoms with E-state index >= 15 is 0 Å². The molecule has 4 N–H and O–H groups in total. The van der Waals surface area contributed by atoms with Gasteiger partial charge in [-0.2, -0.15) is 0 Å². The molecule has 1 amide bonds. The van der Waals surface area contributed by atoms with E-state index in [9.17, 15) is 4.79 Å². The number of amides is 1. The zero-order valence-electron chi connectivity index (χ0n) is 10.9. The Balaban J connectivity index is 2.20. The summed E-state index contributed by atoms with van der Waals surface area (Å²) in [6.45, 7) is 0.676. The Kier molecular flexibility index (Phi) is 3.99. The molecular formula is C14H21N3O. The first-order valence-corrected chi connectivity index (χ1v) is 6.48. The number of benzene rings is 1. The van der Waals surface area contributed by atoms with Crippen molar-refractivity contribution in [2.45, 2.75) is 31.7 Å². The standard InChI is InChI=1S/C14H21N3O/c1-17-13-6-4-10(12(16)3-2-8-15)9-11(13)5-7-14(17)18/h4,6,9,12H,2-3,5,7-8,15-16H2,1H3. The van der Waals surface area contributed by atoms with Crippen molar-refractivity contribution in [1.82, 2.24) is 0 Å². The predicted molar refractivity (Wildman–Crippen MR) is 73.4 cm³/mol. The van der Waals surface area contributed by atoms with Gasteiger partial charge >= 0.3 is 0 Å². The van der Waals surface area contributed by atoms with Crippen LogP contribution in [0.2, 0.25) is 0 Å². The molecule has 1 aliphatic heterocycles. The van der Waals surface area contributed by atoms with E-state index in [-0.39, 0.29) is 11.9 Å². The van der Waals surface area contributed by atoms with Crippen molar-refractivity contribution in [3.8, 4) is 0 Å². The minimum Gasteiger partial charge on any atom is -0.330 e. The minimum atomic E-state index is 0.0433. The molecule has 0 spiro atoms. The summed E-state index contributed by atoms with van der Waals surface area (Å²) in [5.41, 5.74) is 15.0. The normalized spacial score (nSPS) is 16.6. The fraction of sp³-hybridized carbons (Fsp3) is 0.500. The van der Waals surface area contributed by atoms with Gasteiger partial charge in [0.1, 0.15) is 0 Å². The Morgan fingerprint density at radius 1 is 1.39 bits per heavy atom. The van der Waals surface area contributed by atoms with Crippen LogP contribution in [0.25, 0.3) is 0 Å². The second kappa shape index (κ2) is 5.50. The zero-order chi connectivity index (χ0) is 13.1. The number of nitrogens with zero attached hydrogens (tertiary/aromatic N) is 1. The Morgan fingerprint density at radius 2 is 2.17 bits per heavy atom. The summed E-state index contributed by atoms with van der Waals surface area (Å²) in [4.78, 5) is 13.3. The Bertz CT molecular complexity index is 445. The molecule has 0 saturated heterocycles. The number of fused-ring (bicyclic) bond motifs is 1. The Morgan fingerprint density at radius 3 is 2.89 bits per heavy atom. The van der Waals surface area contributed by atoms with E-state index in [0.717, 1.165) is 30.5 Å². The molecule has 1 aromatic carbocycles. The van der Waals surface area contributed by atoms with Crippen LogP contribution in [0.4, 0.5) is 5.69 Å². The zero-order valence-corrected chi connectivity index (χ0v) is 10.9. The first kappa shape index (κ1) is 13.1. The lowest BCUT2D eigenvalue weighted by atomic mass is 9.95. The summed E-state index contributed by atoms with van der Waals surface area (Å²) in [5, 5.41) is 0. The molecule has 0 aliphatic carbocycles. The molecule has 4 heteroatoms. The monoisotopic (exact) mass is 247 g/mol. The van der Waals surface area contributed by atoms with E-state index in [1.807, 2.05) is 19.2 Å². The SMILES string of the molecule is CN1C(=O)CCc2cc(C(N)CCCN)ccc21. The lowest BCUT2D eigenvalue weighted by molar-refractivity contribution is -0.118. The summed E-state index contributed by atoms with van der Waals surface area (Å²) in [6.07, 6.45) is 3.25. The van der Waals surface area contributed by atoms with E-state index < -0.39 is 0 Å². The van der Waals surface area contributed by atoms with Gasteiger partial charge in [-0.15, -0.1) is 0 Å². The maximum atomic E-state index is 11.6. The first-order valence-electron chi connectivity index (χ1n) is 6.48. The average molecular weight is 247 g/mol. The highest BCUT2D eigenvalue weighted by atomic mass is 16.2. The fourth-order valence-corrected chi connectivity index (χ4v) is 2.41. The van der Waals surface area contributed by atoms with Crippen LogP contribution in [-0.4, -0.2) is 19.5 Å².